The molecule has 1 heterocycles. The minimum Gasteiger partial charge on any atom is -0.394 e. The zero-order valence-electron chi connectivity index (χ0n) is 41.6. The molecule has 0 aromatic heterocycles. The smallest absolute Gasteiger partial charge is 0.394 e. The number of aliphatic hydroxyl groups is 5. The molecule has 0 aromatic carbocycles. The molecule has 0 saturated carbocycles. The lowest BCUT2D eigenvalue weighted by Gasteiger charge is -2.41. The van der Waals surface area contributed by atoms with E-state index in [0.717, 1.165) is 38.5 Å². The van der Waals surface area contributed by atoms with Crippen LogP contribution in [0.15, 0.2) is 24.3 Å². The Balaban J connectivity index is 2.51. The minimum absolute atomic E-state index is 0.241. The number of rotatable bonds is 46. The van der Waals surface area contributed by atoms with Crippen molar-refractivity contribution in [1.29, 1.82) is 0 Å². The first-order chi connectivity index (χ1) is 31.9. The molecule has 0 aromatic rings. The molecule has 1 aliphatic heterocycles. The third-order valence-electron chi connectivity index (χ3n) is 12.8. The number of unbranched alkanes of at least 4 members (excludes halogenated alkanes) is 31. The number of ether oxygens (including phenoxy) is 2. The van der Waals surface area contributed by atoms with Gasteiger partial charge in [0, 0.05) is 0 Å². The fraction of sp³-hybridized carbons (Fsp3) is 0.904. The van der Waals surface area contributed by atoms with Crippen LogP contribution in [0.1, 0.15) is 239 Å². The van der Waals surface area contributed by atoms with Gasteiger partial charge in [0.25, 0.3) is 0 Å². The molecular formula is C52H99NO12S. The van der Waals surface area contributed by atoms with Crippen molar-refractivity contribution in [2.24, 2.45) is 0 Å². The third kappa shape index (κ3) is 33.9. The maximum absolute atomic E-state index is 13.2. The molecule has 1 aliphatic rings. The fourth-order valence-corrected chi connectivity index (χ4v) is 9.10. The summed E-state index contributed by atoms with van der Waals surface area (Å²) in [6.07, 6.45) is 38.3. The summed E-state index contributed by atoms with van der Waals surface area (Å²) in [7, 11) is -5.12. The molecule has 1 amide bonds. The minimum atomic E-state index is -5.12. The van der Waals surface area contributed by atoms with E-state index in [-0.39, 0.29) is 6.42 Å². The zero-order valence-corrected chi connectivity index (χ0v) is 42.4. The van der Waals surface area contributed by atoms with Crippen LogP contribution in [0.25, 0.3) is 0 Å². The highest BCUT2D eigenvalue weighted by atomic mass is 32.3. The van der Waals surface area contributed by atoms with E-state index in [4.69, 9.17) is 9.47 Å². The Bertz CT molecular complexity index is 1290. The summed E-state index contributed by atoms with van der Waals surface area (Å²) in [4.78, 5) is 13.2. The molecule has 8 atom stereocenters. The number of allylic oxidation sites excluding steroid dienone is 3. The van der Waals surface area contributed by atoms with Gasteiger partial charge in [0.05, 0.1) is 25.4 Å². The average molecular weight is 962 g/mol. The average Bonchev–Trinajstić information content (AvgIpc) is 3.29. The van der Waals surface area contributed by atoms with E-state index in [1.165, 1.54) is 173 Å². The molecule has 8 unspecified atom stereocenters. The van der Waals surface area contributed by atoms with Gasteiger partial charge >= 0.3 is 10.4 Å². The van der Waals surface area contributed by atoms with E-state index in [1.54, 1.807) is 6.08 Å². The standard InChI is InChI=1S/C52H99NO12S/c1-3-5-7-9-11-13-15-17-19-21-22-23-24-25-27-28-30-32-34-36-38-40-45(55)44(43-63-52-49(58)50(65-66(60,61)62)48(57)47(42-54)64-52)53-51(59)46(56)41-39-37-35-33-31-29-26-20-18-16-14-12-10-8-6-4-2/h30,32,38,40,44-50,52,54-58H,3-29,31,33-37,39,41-43H2,1-2H3,(H,53,59)(H,60,61,62)/b32-30+,40-38+. The molecule has 1 rings (SSSR count). The summed E-state index contributed by atoms with van der Waals surface area (Å²) >= 11 is 0. The summed E-state index contributed by atoms with van der Waals surface area (Å²) in [5, 5.41) is 55.4. The second-order valence-corrected chi connectivity index (χ2v) is 20.0. The first-order valence-corrected chi connectivity index (χ1v) is 28.2. The van der Waals surface area contributed by atoms with E-state index in [2.05, 4.69) is 35.5 Å². The van der Waals surface area contributed by atoms with Crippen molar-refractivity contribution in [1.82, 2.24) is 5.32 Å². The van der Waals surface area contributed by atoms with Crippen molar-refractivity contribution in [3.05, 3.63) is 24.3 Å². The summed E-state index contributed by atoms with van der Waals surface area (Å²) in [5.41, 5.74) is 0. The zero-order chi connectivity index (χ0) is 48.5. The molecule has 0 bridgehead atoms. The van der Waals surface area contributed by atoms with Gasteiger partial charge in [-0.1, -0.05) is 231 Å². The molecule has 1 fully saturated rings. The monoisotopic (exact) mass is 962 g/mol. The summed E-state index contributed by atoms with van der Waals surface area (Å²) < 4.78 is 47.6. The molecule has 0 radical (unpaired) electrons. The van der Waals surface area contributed by atoms with Crippen LogP contribution in [-0.2, 0) is 28.9 Å². The van der Waals surface area contributed by atoms with Gasteiger partial charge < -0.3 is 40.3 Å². The van der Waals surface area contributed by atoms with E-state index < -0.39 is 78.5 Å². The Labute approximate surface area is 402 Å². The van der Waals surface area contributed by atoms with Crippen molar-refractivity contribution >= 4 is 16.3 Å². The number of hydrogen-bond acceptors (Lipinski definition) is 11. The Morgan fingerprint density at radius 1 is 0.606 bits per heavy atom. The molecule has 13 nitrogen and oxygen atoms in total. The first-order valence-electron chi connectivity index (χ1n) is 26.8. The van der Waals surface area contributed by atoms with Gasteiger partial charge in [-0.3, -0.25) is 9.35 Å². The maximum atomic E-state index is 13.2. The lowest BCUT2D eigenvalue weighted by Crippen LogP contribution is -2.61. The number of carbonyl (C=O) groups is 1. The number of nitrogens with one attached hydrogen (secondary N) is 1. The van der Waals surface area contributed by atoms with Crippen LogP contribution in [0.5, 0.6) is 0 Å². The van der Waals surface area contributed by atoms with Gasteiger partial charge in [0.1, 0.15) is 30.5 Å². The van der Waals surface area contributed by atoms with Gasteiger partial charge in [-0.2, -0.15) is 8.42 Å². The fourth-order valence-electron chi connectivity index (χ4n) is 8.60. The highest BCUT2D eigenvalue weighted by Gasteiger charge is 2.48. The Morgan fingerprint density at radius 3 is 1.45 bits per heavy atom. The molecule has 7 N–H and O–H groups in total. The molecule has 390 valence electrons. The number of aliphatic hydroxyl groups excluding tert-OH is 5. The summed E-state index contributed by atoms with van der Waals surface area (Å²) in [6.45, 7) is 3.24. The molecule has 66 heavy (non-hydrogen) atoms. The molecule has 0 spiro atoms. The first kappa shape index (κ1) is 62.6. The van der Waals surface area contributed by atoms with Crippen LogP contribution in [0.4, 0.5) is 0 Å². The van der Waals surface area contributed by atoms with Crippen molar-refractivity contribution in [2.45, 2.75) is 288 Å². The summed E-state index contributed by atoms with van der Waals surface area (Å²) in [5.74, 6) is -0.708. The largest absolute Gasteiger partial charge is 0.397 e. The van der Waals surface area contributed by atoms with Gasteiger partial charge in [-0.05, 0) is 32.1 Å². The van der Waals surface area contributed by atoms with Crippen LogP contribution in [-0.4, -0.2) is 107 Å². The van der Waals surface area contributed by atoms with Gasteiger partial charge in [-0.25, -0.2) is 4.18 Å². The second-order valence-electron chi connectivity index (χ2n) is 19.0. The second kappa shape index (κ2) is 42.4. The predicted molar refractivity (Wildman–Crippen MR) is 265 cm³/mol. The normalized spacial score (nSPS) is 20.6. The highest BCUT2D eigenvalue weighted by Crippen LogP contribution is 2.26. The lowest BCUT2D eigenvalue weighted by molar-refractivity contribution is -0.298. The number of amides is 1. The van der Waals surface area contributed by atoms with Crippen LogP contribution >= 0.6 is 0 Å². The Hall–Kier alpha value is -1.46. The quantitative estimate of drug-likeness (QED) is 0.0173. The molecular weight excluding hydrogens is 863 g/mol. The van der Waals surface area contributed by atoms with E-state index >= 15 is 0 Å². The van der Waals surface area contributed by atoms with Gasteiger partial charge in [0.15, 0.2) is 6.29 Å². The van der Waals surface area contributed by atoms with Gasteiger partial charge in [-0.15, -0.1) is 0 Å². The third-order valence-corrected chi connectivity index (χ3v) is 13.3. The van der Waals surface area contributed by atoms with Crippen molar-refractivity contribution in [3.63, 3.8) is 0 Å². The van der Waals surface area contributed by atoms with Crippen LogP contribution < -0.4 is 5.32 Å². The van der Waals surface area contributed by atoms with E-state index in [1.807, 2.05) is 0 Å². The van der Waals surface area contributed by atoms with Crippen LogP contribution in [0.3, 0.4) is 0 Å². The van der Waals surface area contributed by atoms with Gasteiger partial charge in [0.2, 0.25) is 5.91 Å². The van der Waals surface area contributed by atoms with Crippen LogP contribution in [0.2, 0.25) is 0 Å². The Morgan fingerprint density at radius 2 is 1.02 bits per heavy atom. The van der Waals surface area contributed by atoms with Crippen LogP contribution in [0, 0.1) is 0 Å². The number of carbonyl (C=O) groups excluding carboxylic acids is 1. The van der Waals surface area contributed by atoms with Crippen molar-refractivity contribution < 1.29 is 57.0 Å². The topological polar surface area (TPSA) is 212 Å². The SMILES string of the molecule is CCCCCCCCCCCCCCCCC/C=C/CC/C=C/C(O)C(COC1OC(CO)C(O)C(OS(=O)(=O)O)C1O)NC(=O)C(O)CCCCCCCCCCCCCCCCCC. The van der Waals surface area contributed by atoms with Crippen molar-refractivity contribution in [2.75, 3.05) is 13.2 Å². The van der Waals surface area contributed by atoms with E-state index in [0.29, 0.717) is 12.8 Å². The predicted octanol–water partition coefficient (Wildman–Crippen LogP) is 10.6. The van der Waals surface area contributed by atoms with Crippen molar-refractivity contribution in [3.8, 4) is 0 Å². The van der Waals surface area contributed by atoms with E-state index in [9.17, 15) is 43.3 Å². The lowest BCUT2D eigenvalue weighted by atomic mass is 9.99. The molecule has 1 saturated heterocycles. The number of hydrogen-bond donors (Lipinski definition) is 7. The summed E-state index contributed by atoms with van der Waals surface area (Å²) in [6, 6.07) is -1.13. The molecule has 14 heteroatoms. The maximum Gasteiger partial charge on any atom is 0.397 e. The molecule has 0 aliphatic carbocycles. The Kier molecular flexibility index (Phi) is 40.2. The highest BCUT2D eigenvalue weighted by molar-refractivity contribution is 7.80.